The number of thioether (sulfide) groups is 1. The van der Waals surface area contributed by atoms with Gasteiger partial charge in [-0.2, -0.15) is 11.8 Å². The Hall–Kier alpha value is -0.100. The van der Waals surface area contributed by atoms with Gasteiger partial charge in [-0.3, -0.25) is 0 Å². The third kappa shape index (κ3) is 4.95. The van der Waals surface area contributed by atoms with Gasteiger partial charge in [-0.05, 0) is 12.2 Å². The number of ether oxygens (including phenoxy) is 1. The van der Waals surface area contributed by atoms with Crippen molar-refractivity contribution >= 4 is 23.1 Å². The highest BCUT2D eigenvalue weighted by Gasteiger charge is 2.13. The van der Waals surface area contributed by atoms with Gasteiger partial charge in [0.25, 0.3) is 0 Å². The number of hydrogen-bond acceptors (Lipinski definition) is 5. The van der Waals surface area contributed by atoms with Crippen LogP contribution in [0.1, 0.15) is 35.3 Å². The third-order valence-electron chi connectivity index (χ3n) is 2.36. The highest BCUT2D eigenvalue weighted by Crippen LogP contribution is 2.26. The number of aromatic nitrogens is 1. The maximum absolute atomic E-state index is 5.02. The van der Waals surface area contributed by atoms with Crippen LogP contribution in [0.25, 0.3) is 0 Å². The second-order valence-electron chi connectivity index (χ2n) is 4.17. The molecule has 3 nitrogen and oxygen atoms in total. The summed E-state index contributed by atoms with van der Waals surface area (Å²) in [5, 5.41) is 4.63. The van der Waals surface area contributed by atoms with Crippen molar-refractivity contribution in [2.75, 3.05) is 26.5 Å². The molecule has 0 aliphatic carbocycles. The van der Waals surface area contributed by atoms with E-state index < -0.39 is 0 Å². The molecule has 98 valence electrons. The van der Waals surface area contributed by atoms with Crippen LogP contribution in [-0.2, 0) is 17.0 Å². The first-order valence-electron chi connectivity index (χ1n) is 5.86. The fourth-order valence-electron chi connectivity index (χ4n) is 1.55. The Morgan fingerprint density at radius 3 is 2.82 bits per heavy atom. The van der Waals surface area contributed by atoms with Crippen molar-refractivity contribution in [2.45, 2.75) is 32.1 Å². The number of hydrogen-bond donors (Lipinski definition) is 1. The SMILES string of the molecule is COCCNCc1sc(CSC)nc1C(C)C. The largest absolute Gasteiger partial charge is 0.383 e. The number of thiazole rings is 1. The minimum Gasteiger partial charge on any atom is -0.383 e. The van der Waals surface area contributed by atoms with Crippen LogP contribution in [0.5, 0.6) is 0 Å². The summed E-state index contributed by atoms with van der Waals surface area (Å²) in [5.41, 5.74) is 1.25. The molecule has 0 spiro atoms. The molecule has 0 saturated heterocycles. The molecular formula is C12H22N2OS2. The molecule has 0 unspecified atom stereocenters. The van der Waals surface area contributed by atoms with Gasteiger partial charge in [0.05, 0.1) is 12.3 Å². The van der Waals surface area contributed by atoms with Crippen LogP contribution in [0.2, 0.25) is 0 Å². The molecule has 0 amide bonds. The lowest BCUT2D eigenvalue weighted by molar-refractivity contribution is 0.199. The maximum atomic E-state index is 5.02. The molecule has 5 heteroatoms. The van der Waals surface area contributed by atoms with Crippen LogP contribution >= 0.6 is 23.1 Å². The van der Waals surface area contributed by atoms with E-state index in [1.165, 1.54) is 15.6 Å². The standard InChI is InChI=1S/C12H22N2OS2/c1-9(2)12-10(7-13-5-6-15-3)17-11(14-12)8-16-4/h9,13H,5-8H2,1-4H3. The smallest absolute Gasteiger partial charge is 0.103 e. The van der Waals surface area contributed by atoms with Crippen molar-refractivity contribution in [1.82, 2.24) is 10.3 Å². The van der Waals surface area contributed by atoms with Gasteiger partial charge in [0.2, 0.25) is 0 Å². The highest BCUT2D eigenvalue weighted by atomic mass is 32.2. The number of methoxy groups -OCH3 is 1. The average Bonchev–Trinajstić information content (AvgIpc) is 2.68. The maximum Gasteiger partial charge on any atom is 0.103 e. The minimum atomic E-state index is 0.501. The van der Waals surface area contributed by atoms with Crippen molar-refractivity contribution in [2.24, 2.45) is 0 Å². The molecular weight excluding hydrogens is 252 g/mol. The van der Waals surface area contributed by atoms with Gasteiger partial charge < -0.3 is 10.1 Å². The van der Waals surface area contributed by atoms with Gasteiger partial charge in [-0.15, -0.1) is 11.3 Å². The van der Waals surface area contributed by atoms with E-state index in [1.54, 1.807) is 7.11 Å². The quantitative estimate of drug-likeness (QED) is 0.739. The van der Waals surface area contributed by atoms with Crippen LogP contribution in [-0.4, -0.2) is 31.5 Å². The number of nitrogens with one attached hydrogen (secondary N) is 1. The van der Waals surface area contributed by atoms with E-state index in [0.29, 0.717) is 5.92 Å². The molecule has 0 aliphatic heterocycles. The number of nitrogens with zero attached hydrogens (tertiary/aromatic N) is 1. The first-order valence-corrected chi connectivity index (χ1v) is 8.07. The normalized spacial score (nSPS) is 11.4. The summed E-state index contributed by atoms with van der Waals surface area (Å²) in [4.78, 5) is 6.10. The first kappa shape index (κ1) is 15.0. The molecule has 0 saturated carbocycles. The molecule has 0 radical (unpaired) electrons. The van der Waals surface area contributed by atoms with Crippen LogP contribution in [0.3, 0.4) is 0 Å². The van der Waals surface area contributed by atoms with Gasteiger partial charge in [-0.1, -0.05) is 13.8 Å². The molecule has 0 atom stereocenters. The monoisotopic (exact) mass is 274 g/mol. The zero-order valence-corrected chi connectivity index (χ0v) is 12.7. The summed E-state index contributed by atoms with van der Waals surface area (Å²) in [6.07, 6.45) is 2.12. The van der Waals surface area contributed by atoms with Crippen molar-refractivity contribution in [3.63, 3.8) is 0 Å². The summed E-state index contributed by atoms with van der Waals surface area (Å²) < 4.78 is 5.02. The van der Waals surface area contributed by atoms with Crippen LogP contribution < -0.4 is 5.32 Å². The van der Waals surface area contributed by atoms with E-state index in [9.17, 15) is 0 Å². The van der Waals surface area contributed by atoms with E-state index in [1.807, 2.05) is 23.1 Å². The van der Waals surface area contributed by atoms with Crippen LogP contribution in [0.4, 0.5) is 0 Å². The zero-order chi connectivity index (χ0) is 12.7. The summed E-state index contributed by atoms with van der Waals surface area (Å²) in [7, 11) is 1.73. The van der Waals surface area contributed by atoms with E-state index in [4.69, 9.17) is 9.72 Å². The van der Waals surface area contributed by atoms with Crippen molar-refractivity contribution in [1.29, 1.82) is 0 Å². The van der Waals surface area contributed by atoms with Gasteiger partial charge in [0, 0.05) is 30.8 Å². The second-order valence-corrected chi connectivity index (χ2v) is 6.21. The summed E-state index contributed by atoms with van der Waals surface area (Å²) in [5.74, 6) is 1.52. The minimum absolute atomic E-state index is 0.501. The first-order chi connectivity index (χ1) is 8.19. The Morgan fingerprint density at radius 2 is 2.24 bits per heavy atom. The molecule has 1 aromatic rings. The second kappa shape index (κ2) is 8.08. The van der Waals surface area contributed by atoms with E-state index >= 15 is 0 Å². The Bertz CT molecular complexity index is 326. The fourth-order valence-corrected chi connectivity index (χ4v) is 3.44. The van der Waals surface area contributed by atoms with Crippen LogP contribution in [0.15, 0.2) is 0 Å². The topological polar surface area (TPSA) is 34.1 Å². The molecule has 0 fully saturated rings. The third-order valence-corrected chi connectivity index (χ3v) is 4.17. The Morgan fingerprint density at radius 1 is 1.47 bits per heavy atom. The van der Waals surface area contributed by atoms with Gasteiger partial charge >= 0.3 is 0 Å². The zero-order valence-electron chi connectivity index (χ0n) is 11.1. The Kier molecular flexibility index (Phi) is 7.11. The summed E-state index contributed by atoms with van der Waals surface area (Å²) in [6, 6.07) is 0. The molecule has 17 heavy (non-hydrogen) atoms. The predicted octanol–water partition coefficient (Wildman–Crippen LogP) is 2.87. The van der Waals surface area contributed by atoms with Gasteiger partial charge in [0.1, 0.15) is 5.01 Å². The molecule has 0 bridgehead atoms. The molecule has 0 aliphatic rings. The molecule has 1 heterocycles. The van der Waals surface area contributed by atoms with Gasteiger partial charge in [-0.25, -0.2) is 4.98 Å². The highest BCUT2D eigenvalue weighted by molar-refractivity contribution is 7.97. The van der Waals surface area contributed by atoms with Crippen molar-refractivity contribution in [3.05, 3.63) is 15.6 Å². The summed E-state index contributed by atoms with van der Waals surface area (Å²) in [6.45, 7) is 6.97. The lowest BCUT2D eigenvalue weighted by atomic mass is 10.1. The van der Waals surface area contributed by atoms with Crippen molar-refractivity contribution in [3.8, 4) is 0 Å². The average molecular weight is 274 g/mol. The van der Waals surface area contributed by atoms with Crippen LogP contribution in [0, 0.1) is 0 Å². The molecule has 1 rings (SSSR count). The lowest BCUT2D eigenvalue weighted by Crippen LogP contribution is -2.18. The molecule has 1 N–H and O–H groups in total. The fraction of sp³-hybridized carbons (Fsp3) is 0.750. The Balaban J connectivity index is 2.60. The van der Waals surface area contributed by atoms with Crippen molar-refractivity contribution < 1.29 is 4.74 Å². The van der Waals surface area contributed by atoms with E-state index in [-0.39, 0.29) is 0 Å². The molecule has 0 aromatic carbocycles. The van der Waals surface area contributed by atoms with E-state index in [2.05, 4.69) is 25.4 Å². The predicted molar refractivity (Wildman–Crippen MR) is 77.0 cm³/mol. The summed E-state index contributed by atoms with van der Waals surface area (Å²) >= 11 is 3.66. The molecule has 1 aromatic heterocycles. The number of rotatable bonds is 8. The Labute approximate surface area is 112 Å². The van der Waals surface area contributed by atoms with E-state index in [0.717, 1.165) is 25.4 Å². The van der Waals surface area contributed by atoms with Gasteiger partial charge in [0.15, 0.2) is 0 Å². The lowest BCUT2D eigenvalue weighted by Gasteiger charge is -2.06.